The molecule has 146 valence electrons. The van der Waals surface area contributed by atoms with E-state index in [1.54, 1.807) is 33.1 Å². The van der Waals surface area contributed by atoms with E-state index in [0.29, 0.717) is 16.9 Å². The Kier molecular flexibility index (Phi) is 5.44. The quantitative estimate of drug-likeness (QED) is 0.755. The molecular formula is C21H27NO5. The van der Waals surface area contributed by atoms with Crippen LogP contribution in [0.4, 0.5) is 0 Å². The number of esters is 1. The summed E-state index contributed by atoms with van der Waals surface area (Å²) in [6, 6.07) is 5.65. The predicted molar refractivity (Wildman–Crippen MR) is 102 cm³/mol. The number of piperidine rings is 1. The van der Waals surface area contributed by atoms with Gasteiger partial charge in [0.15, 0.2) is 6.10 Å². The van der Waals surface area contributed by atoms with E-state index in [9.17, 15) is 9.59 Å². The third kappa shape index (κ3) is 3.66. The third-order valence-corrected chi connectivity index (χ3v) is 5.41. The highest BCUT2D eigenvalue weighted by Crippen LogP contribution is 2.30. The molecule has 6 heteroatoms. The summed E-state index contributed by atoms with van der Waals surface area (Å²) in [4.78, 5) is 27.3. The molecule has 1 aromatic carbocycles. The van der Waals surface area contributed by atoms with Crippen molar-refractivity contribution in [1.82, 2.24) is 4.90 Å². The zero-order valence-electron chi connectivity index (χ0n) is 16.6. The maximum atomic E-state index is 12.8. The smallest absolute Gasteiger partial charge is 0.375 e. The van der Waals surface area contributed by atoms with Gasteiger partial charge in [-0.2, -0.15) is 0 Å². The number of rotatable bonds is 4. The summed E-state index contributed by atoms with van der Waals surface area (Å²) in [5, 5.41) is 0.790. The van der Waals surface area contributed by atoms with Crippen molar-refractivity contribution in [2.75, 3.05) is 7.11 Å². The highest BCUT2D eigenvalue weighted by atomic mass is 16.6. The lowest BCUT2D eigenvalue weighted by molar-refractivity contribution is -0.146. The molecule has 1 aliphatic heterocycles. The Hall–Kier alpha value is -2.50. The fourth-order valence-corrected chi connectivity index (χ4v) is 3.85. The van der Waals surface area contributed by atoms with Gasteiger partial charge in [0.05, 0.1) is 7.11 Å². The summed E-state index contributed by atoms with van der Waals surface area (Å²) in [6.07, 6.45) is 2.20. The van der Waals surface area contributed by atoms with Crippen LogP contribution in [0.25, 0.3) is 11.0 Å². The van der Waals surface area contributed by atoms with Crippen LogP contribution in [0.3, 0.4) is 0 Å². The number of aryl methyl sites for hydroxylation is 1. The Morgan fingerprint density at radius 2 is 1.89 bits per heavy atom. The minimum atomic E-state index is -0.859. The van der Waals surface area contributed by atoms with Crippen molar-refractivity contribution in [3.8, 4) is 5.75 Å². The van der Waals surface area contributed by atoms with E-state index >= 15 is 0 Å². The van der Waals surface area contributed by atoms with Gasteiger partial charge >= 0.3 is 5.97 Å². The Labute approximate surface area is 159 Å². The van der Waals surface area contributed by atoms with Crippen molar-refractivity contribution in [2.24, 2.45) is 0 Å². The largest absolute Gasteiger partial charge is 0.497 e. The van der Waals surface area contributed by atoms with Crippen molar-refractivity contribution < 1.29 is 23.5 Å². The second-order valence-corrected chi connectivity index (χ2v) is 7.34. The van der Waals surface area contributed by atoms with Crippen LogP contribution in [0.1, 0.15) is 56.2 Å². The monoisotopic (exact) mass is 373 g/mol. The second-order valence-electron chi connectivity index (χ2n) is 7.34. The molecule has 1 aliphatic rings. The van der Waals surface area contributed by atoms with Crippen molar-refractivity contribution >= 4 is 22.8 Å². The van der Waals surface area contributed by atoms with Crippen LogP contribution < -0.4 is 4.74 Å². The standard InChI is InChI=1S/C21H27NO5/c1-12-7-6-8-13(2)22(12)20(23)15(4)26-21(24)19-14(3)17-11-16(25-5)9-10-18(17)27-19/h9-13,15H,6-8H2,1-5H3/t12-,13+,15-/m1/s1. The summed E-state index contributed by atoms with van der Waals surface area (Å²) < 4.78 is 16.4. The van der Waals surface area contributed by atoms with Crippen LogP contribution in [-0.4, -0.2) is 42.1 Å². The van der Waals surface area contributed by atoms with E-state index in [0.717, 1.165) is 24.6 Å². The summed E-state index contributed by atoms with van der Waals surface area (Å²) in [7, 11) is 1.58. The molecule has 0 bridgehead atoms. The average molecular weight is 373 g/mol. The second kappa shape index (κ2) is 7.62. The zero-order chi connectivity index (χ0) is 19.7. The molecule has 3 rings (SSSR count). The van der Waals surface area contributed by atoms with Crippen LogP contribution in [0.5, 0.6) is 5.75 Å². The normalized spacial score (nSPS) is 21.1. The molecule has 6 nitrogen and oxygen atoms in total. The Morgan fingerprint density at radius 1 is 1.22 bits per heavy atom. The van der Waals surface area contributed by atoms with Gasteiger partial charge in [-0.05, 0) is 65.2 Å². The number of hydrogen-bond acceptors (Lipinski definition) is 5. The molecule has 0 N–H and O–H groups in total. The first kappa shape index (κ1) is 19.3. The number of carbonyl (C=O) groups is 2. The molecule has 0 unspecified atom stereocenters. The van der Waals surface area contributed by atoms with E-state index in [-0.39, 0.29) is 23.8 Å². The first-order chi connectivity index (χ1) is 12.8. The summed E-state index contributed by atoms with van der Waals surface area (Å²) in [6.45, 7) is 7.50. The highest BCUT2D eigenvalue weighted by molar-refractivity contribution is 5.97. The molecule has 0 saturated carbocycles. The maximum Gasteiger partial charge on any atom is 0.375 e. The van der Waals surface area contributed by atoms with E-state index in [1.165, 1.54) is 0 Å². The number of amides is 1. The lowest BCUT2D eigenvalue weighted by Gasteiger charge is -2.40. The minimum absolute atomic E-state index is 0.123. The number of methoxy groups -OCH3 is 1. The first-order valence-electron chi connectivity index (χ1n) is 9.43. The van der Waals surface area contributed by atoms with Crippen LogP contribution in [-0.2, 0) is 9.53 Å². The number of fused-ring (bicyclic) bond motifs is 1. The molecule has 1 fully saturated rings. The Balaban J connectivity index is 1.77. The number of furan rings is 1. The van der Waals surface area contributed by atoms with Gasteiger partial charge in [-0.25, -0.2) is 4.79 Å². The molecule has 1 amide bonds. The van der Waals surface area contributed by atoms with E-state index in [4.69, 9.17) is 13.9 Å². The lowest BCUT2D eigenvalue weighted by atomic mass is 9.97. The summed E-state index contributed by atoms with van der Waals surface area (Å²) in [5.41, 5.74) is 1.26. The van der Waals surface area contributed by atoms with E-state index in [1.807, 2.05) is 24.8 Å². The van der Waals surface area contributed by atoms with Crippen molar-refractivity contribution in [3.63, 3.8) is 0 Å². The molecule has 2 aromatic rings. The fourth-order valence-electron chi connectivity index (χ4n) is 3.85. The molecule has 27 heavy (non-hydrogen) atoms. The van der Waals surface area contributed by atoms with Gasteiger partial charge in [0.25, 0.3) is 5.91 Å². The number of likely N-dealkylation sites (tertiary alicyclic amines) is 1. The van der Waals surface area contributed by atoms with Gasteiger partial charge in [-0.3, -0.25) is 4.79 Å². The van der Waals surface area contributed by atoms with Crippen molar-refractivity contribution in [1.29, 1.82) is 0 Å². The van der Waals surface area contributed by atoms with Crippen LogP contribution in [0.15, 0.2) is 22.6 Å². The van der Waals surface area contributed by atoms with Crippen molar-refractivity contribution in [2.45, 2.75) is 65.1 Å². The lowest BCUT2D eigenvalue weighted by Crippen LogP contribution is -2.51. The van der Waals surface area contributed by atoms with Gasteiger partial charge in [0, 0.05) is 23.0 Å². The first-order valence-corrected chi connectivity index (χ1v) is 9.43. The molecule has 0 aliphatic carbocycles. The fraction of sp³-hybridized carbons (Fsp3) is 0.524. The average Bonchev–Trinajstić information content (AvgIpc) is 2.97. The number of ether oxygens (including phenoxy) is 2. The predicted octanol–water partition coefficient (Wildman–Crippen LogP) is 4.08. The summed E-state index contributed by atoms with van der Waals surface area (Å²) in [5.74, 6) is 0.0277. The van der Waals surface area contributed by atoms with E-state index < -0.39 is 12.1 Å². The Morgan fingerprint density at radius 3 is 2.52 bits per heavy atom. The van der Waals surface area contributed by atoms with Gasteiger partial charge in [-0.15, -0.1) is 0 Å². The SMILES string of the molecule is COc1ccc2oc(C(=O)O[C@H](C)C(=O)N3[C@H](C)CCC[C@@H]3C)c(C)c2c1. The minimum Gasteiger partial charge on any atom is -0.497 e. The third-order valence-electron chi connectivity index (χ3n) is 5.41. The van der Waals surface area contributed by atoms with Gasteiger partial charge in [0.1, 0.15) is 11.3 Å². The zero-order valence-corrected chi connectivity index (χ0v) is 16.6. The number of benzene rings is 1. The highest BCUT2D eigenvalue weighted by Gasteiger charge is 2.34. The number of nitrogens with zero attached hydrogens (tertiary/aromatic N) is 1. The number of hydrogen-bond donors (Lipinski definition) is 0. The molecule has 1 saturated heterocycles. The molecular weight excluding hydrogens is 346 g/mol. The van der Waals surface area contributed by atoms with Gasteiger partial charge in [-0.1, -0.05) is 0 Å². The van der Waals surface area contributed by atoms with Gasteiger partial charge in [0.2, 0.25) is 5.76 Å². The topological polar surface area (TPSA) is 69.0 Å². The van der Waals surface area contributed by atoms with E-state index in [2.05, 4.69) is 0 Å². The molecule has 0 spiro atoms. The molecule has 0 radical (unpaired) electrons. The Bertz CT molecular complexity index is 846. The van der Waals surface area contributed by atoms with Crippen LogP contribution >= 0.6 is 0 Å². The maximum absolute atomic E-state index is 12.8. The molecule has 1 aromatic heterocycles. The van der Waals surface area contributed by atoms with Crippen LogP contribution in [0, 0.1) is 6.92 Å². The van der Waals surface area contributed by atoms with Gasteiger partial charge < -0.3 is 18.8 Å². The summed E-state index contributed by atoms with van der Waals surface area (Å²) >= 11 is 0. The van der Waals surface area contributed by atoms with Crippen molar-refractivity contribution in [3.05, 3.63) is 29.5 Å². The van der Waals surface area contributed by atoms with Crippen LogP contribution in [0.2, 0.25) is 0 Å². The molecule has 2 heterocycles. The number of carbonyl (C=O) groups excluding carboxylic acids is 2. The molecule has 3 atom stereocenters.